The Morgan fingerprint density at radius 1 is 1.40 bits per heavy atom. The van der Waals surface area contributed by atoms with Gasteiger partial charge in [-0.05, 0) is 37.1 Å². The van der Waals surface area contributed by atoms with Crippen LogP contribution in [0.25, 0.3) is 0 Å². The number of hydrogen-bond donors (Lipinski definition) is 3. The Balaban J connectivity index is 1.60. The summed E-state index contributed by atoms with van der Waals surface area (Å²) in [5, 5.41) is 3.00. The van der Waals surface area contributed by atoms with Crippen LogP contribution in [0.4, 0.5) is 0 Å². The van der Waals surface area contributed by atoms with E-state index in [1.54, 1.807) is 18.6 Å². The van der Waals surface area contributed by atoms with Gasteiger partial charge < -0.3 is 10.1 Å². The largest absolute Gasteiger partial charge is 0.475 e. The third-order valence-electron chi connectivity index (χ3n) is 3.98. The van der Waals surface area contributed by atoms with Gasteiger partial charge in [0, 0.05) is 37.7 Å². The van der Waals surface area contributed by atoms with Crippen molar-refractivity contribution < 1.29 is 9.53 Å². The molecule has 2 atom stereocenters. The van der Waals surface area contributed by atoms with Crippen LogP contribution in [0.5, 0.6) is 5.88 Å². The molecule has 0 bridgehead atoms. The predicted octanol–water partition coefficient (Wildman–Crippen LogP) is 1.35. The molecular weight excluding hydrogens is 318 g/mol. The molecule has 25 heavy (non-hydrogen) atoms. The van der Waals surface area contributed by atoms with Gasteiger partial charge in [0.25, 0.3) is 0 Å². The molecule has 3 heterocycles. The molecule has 1 saturated heterocycles. The van der Waals surface area contributed by atoms with Crippen molar-refractivity contribution in [2.45, 2.75) is 32.5 Å². The molecular formula is C18H23N5O2. The fourth-order valence-electron chi connectivity index (χ4n) is 2.80. The Hall–Kier alpha value is -2.51. The number of aromatic nitrogens is 2. The molecule has 0 radical (unpaired) electrons. The molecule has 2 aromatic heterocycles. The highest BCUT2D eigenvalue weighted by Crippen LogP contribution is 2.24. The number of amides is 1. The van der Waals surface area contributed by atoms with Crippen LogP contribution in [0, 0.1) is 5.92 Å². The molecule has 0 aliphatic carbocycles. The summed E-state index contributed by atoms with van der Waals surface area (Å²) in [4.78, 5) is 20.9. The van der Waals surface area contributed by atoms with Crippen molar-refractivity contribution in [1.82, 2.24) is 26.1 Å². The average Bonchev–Trinajstić information content (AvgIpc) is 3.10. The lowest BCUT2D eigenvalue weighted by Crippen LogP contribution is -2.34. The number of carbonyl (C=O) groups excluding carboxylic acids is 1. The molecule has 7 heteroatoms. The van der Waals surface area contributed by atoms with E-state index in [0.29, 0.717) is 19.0 Å². The van der Waals surface area contributed by atoms with Crippen LogP contribution < -0.4 is 20.9 Å². The number of hydrazine groups is 1. The summed E-state index contributed by atoms with van der Waals surface area (Å²) in [6.45, 7) is 4.92. The maximum absolute atomic E-state index is 12.6. The fourth-order valence-corrected chi connectivity index (χ4v) is 2.80. The van der Waals surface area contributed by atoms with Crippen molar-refractivity contribution >= 4 is 5.91 Å². The van der Waals surface area contributed by atoms with Gasteiger partial charge in [0.15, 0.2) is 0 Å². The van der Waals surface area contributed by atoms with E-state index in [1.165, 1.54) is 0 Å². The highest BCUT2D eigenvalue weighted by molar-refractivity contribution is 5.80. The molecule has 0 spiro atoms. The van der Waals surface area contributed by atoms with E-state index in [0.717, 1.165) is 11.1 Å². The number of hydrogen-bond acceptors (Lipinski definition) is 6. The molecule has 1 amide bonds. The Kier molecular flexibility index (Phi) is 5.57. The van der Waals surface area contributed by atoms with Gasteiger partial charge in [-0.2, -0.15) is 0 Å². The van der Waals surface area contributed by atoms with Crippen LogP contribution in [0.15, 0.2) is 42.9 Å². The van der Waals surface area contributed by atoms with E-state index in [1.807, 2.05) is 38.1 Å². The minimum atomic E-state index is -0.197. The zero-order valence-electron chi connectivity index (χ0n) is 14.4. The number of nitrogens with one attached hydrogen (secondary N) is 3. The summed E-state index contributed by atoms with van der Waals surface area (Å²) >= 11 is 0. The zero-order valence-corrected chi connectivity index (χ0v) is 14.4. The first-order chi connectivity index (χ1) is 12.1. The van der Waals surface area contributed by atoms with Gasteiger partial charge in [0.1, 0.15) is 0 Å². The summed E-state index contributed by atoms with van der Waals surface area (Å²) in [7, 11) is 0. The second-order valence-corrected chi connectivity index (χ2v) is 6.28. The Morgan fingerprint density at radius 3 is 3.04 bits per heavy atom. The first-order valence-electron chi connectivity index (χ1n) is 8.41. The molecule has 1 aliphatic rings. The van der Waals surface area contributed by atoms with Gasteiger partial charge in [-0.3, -0.25) is 15.2 Å². The molecule has 1 aliphatic heterocycles. The molecule has 3 N–H and O–H groups in total. The van der Waals surface area contributed by atoms with Crippen LogP contribution in [-0.4, -0.2) is 28.5 Å². The molecule has 7 nitrogen and oxygen atoms in total. The lowest BCUT2D eigenvalue weighted by Gasteiger charge is -2.18. The molecule has 0 saturated carbocycles. The third kappa shape index (κ3) is 4.52. The first-order valence-corrected chi connectivity index (χ1v) is 8.41. The molecule has 2 unspecified atom stereocenters. The Bertz CT molecular complexity index is 708. The van der Waals surface area contributed by atoms with Crippen LogP contribution in [0.2, 0.25) is 0 Å². The van der Waals surface area contributed by atoms with Crippen molar-refractivity contribution in [1.29, 1.82) is 0 Å². The second kappa shape index (κ2) is 8.04. The maximum Gasteiger partial charge on any atom is 0.226 e. The summed E-state index contributed by atoms with van der Waals surface area (Å²) in [6.07, 6.45) is 5.26. The monoisotopic (exact) mass is 341 g/mol. The van der Waals surface area contributed by atoms with Crippen molar-refractivity contribution in [3.8, 4) is 5.88 Å². The van der Waals surface area contributed by atoms with E-state index in [9.17, 15) is 4.79 Å². The van der Waals surface area contributed by atoms with Gasteiger partial charge in [-0.15, -0.1) is 0 Å². The molecule has 2 aromatic rings. The number of pyridine rings is 2. The molecule has 132 valence electrons. The first kappa shape index (κ1) is 17.3. The Morgan fingerprint density at radius 2 is 2.28 bits per heavy atom. The summed E-state index contributed by atoms with van der Waals surface area (Å²) < 4.78 is 5.59. The number of ether oxygens (including phenoxy) is 1. The number of nitrogens with zero attached hydrogens (tertiary/aromatic N) is 2. The summed E-state index contributed by atoms with van der Waals surface area (Å²) in [5.41, 5.74) is 8.16. The van der Waals surface area contributed by atoms with Crippen LogP contribution in [0.1, 0.15) is 31.0 Å². The smallest absolute Gasteiger partial charge is 0.226 e. The number of carbonyl (C=O) groups is 1. The van der Waals surface area contributed by atoms with Gasteiger partial charge in [0.05, 0.1) is 18.1 Å². The second-order valence-electron chi connectivity index (χ2n) is 6.28. The summed E-state index contributed by atoms with van der Waals surface area (Å²) in [6, 6.07) is 7.47. The molecule has 1 fully saturated rings. The normalized spacial score (nSPS) is 19.8. The van der Waals surface area contributed by atoms with Crippen molar-refractivity contribution in [2.75, 3.05) is 6.54 Å². The molecule has 0 aromatic carbocycles. The lowest BCUT2D eigenvalue weighted by molar-refractivity contribution is -0.125. The van der Waals surface area contributed by atoms with E-state index in [4.69, 9.17) is 4.74 Å². The van der Waals surface area contributed by atoms with E-state index in [2.05, 4.69) is 26.1 Å². The van der Waals surface area contributed by atoms with Crippen LogP contribution in [0.3, 0.4) is 0 Å². The average molecular weight is 341 g/mol. The van der Waals surface area contributed by atoms with Crippen molar-refractivity contribution in [2.24, 2.45) is 5.92 Å². The Labute approximate surface area is 147 Å². The summed E-state index contributed by atoms with van der Waals surface area (Å²) in [5.74, 6) is 0.367. The van der Waals surface area contributed by atoms with Crippen molar-refractivity contribution in [3.05, 3.63) is 54.0 Å². The van der Waals surface area contributed by atoms with Gasteiger partial charge in [0.2, 0.25) is 11.8 Å². The number of rotatable bonds is 6. The minimum absolute atomic E-state index is 0.00510. The maximum atomic E-state index is 12.6. The van der Waals surface area contributed by atoms with Crippen LogP contribution >= 0.6 is 0 Å². The lowest BCUT2D eigenvalue weighted by atomic mass is 9.95. The van der Waals surface area contributed by atoms with E-state index >= 15 is 0 Å². The van der Waals surface area contributed by atoms with Gasteiger partial charge in [-0.1, -0.05) is 6.07 Å². The minimum Gasteiger partial charge on any atom is -0.475 e. The highest BCUT2D eigenvalue weighted by atomic mass is 16.5. The zero-order chi connectivity index (χ0) is 17.6. The fraction of sp³-hybridized carbons (Fsp3) is 0.389. The standard InChI is InChI=1S/C18H23N5O2/c1-12(2)25-16-8-13(5-7-20-16)9-21-18(24)15-11-22-23-17(15)14-4-3-6-19-10-14/h3-8,10,12,15,17,22-23H,9,11H2,1-2H3,(H,21,24). The SMILES string of the molecule is CC(C)Oc1cc(CNC(=O)C2CNNC2c2cccnc2)ccn1. The van der Waals surface area contributed by atoms with E-state index < -0.39 is 0 Å². The van der Waals surface area contributed by atoms with E-state index in [-0.39, 0.29) is 24.0 Å². The topological polar surface area (TPSA) is 88.2 Å². The highest BCUT2D eigenvalue weighted by Gasteiger charge is 2.33. The third-order valence-corrected chi connectivity index (χ3v) is 3.98. The van der Waals surface area contributed by atoms with Crippen LogP contribution in [-0.2, 0) is 11.3 Å². The van der Waals surface area contributed by atoms with Gasteiger partial charge in [-0.25, -0.2) is 10.4 Å². The molecule has 3 rings (SSSR count). The van der Waals surface area contributed by atoms with Gasteiger partial charge >= 0.3 is 0 Å². The van der Waals surface area contributed by atoms with Crippen molar-refractivity contribution in [3.63, 3.8) is 0 Å². The predicted molar refractivity (Wildman–Crippen MR) is 93.5 cm³/mol. The quantitative estimate of drug-likeness (QED) is 0.735.